The molecule has 0 atom stereocenters. The summed E-state index contributed by atoms with van der Waals surface area (Å²) >= 11 is 0. The van der Waals surface area contributed by atoms with Crippen molar-refractivity contribution < 1.29 is 34.0 Å². The second kappa shape index (κ2) is 12.2. The molecule has 0 heterocycles. The van der Waals surface area contributed by atoms with Crippen LogP contribution in [0.3, 0.4) is 0 Å². The summed E-state index contributed by atoms with van der Waals surface area (Å²) < 4.78 is 15.8. The Bertz CT molecular complexity index is 748. The zero-order valence-corrected chi connectivity index (χ0v) is 16.1. The minimum atomic E-state index is -1.82. The number of ether oxygens (including phenoxy) is 3. The molecule has 8 heteroatoms. The highest BCUT2D eigenvalue weighted by molar-refractivity contribution is 6.27. The number of hydrogen-bond donors (Lipinski definition) is 3. The molecule has 0 amide bonds. The molecule has 3 N–H and O–H groups in total. The van der Waals surface area contributed by atoms with Gasteiger partial charge in [-0.25, -0.2) is 9.59 Å². The average Bonchev–Trinajstić information content (AvgIpc) is 2.71. The van der Waals surface area contributed by atoms with Crippen LogP contribution in [0.2, 0.25) is 0 Å². The number of rotatable bonds is 8. The molecule has 0 fully saturated rings. The minimum Gasteiger partial charge on any atom is -0.497 e. The molecule has 0 bridgehead atoms. The standard InChI is InChI=1S/C18H23NO3.C2H2O4/c1-20-16-6-4-14(5-7-16)10-11-19-13-15-12-17(21-2)8-9-18(15)22-3;3-1(4)2(5)6/h4-9,12,19H,10-11,13H2,1-3H3;(H,3,4)(H,5,6). The summed E-state index contributed by atoms with van der Waals surface area (Å²) in [6.45, 7) is 1.64. The van der Waals surface area contributed by atoms with Crippen LogP contribution in [0.5, 0.6) is 17.2 Å². The van der Waals surface area contributed by atoms with E-state index in [1.165, 1.54) is 5.56 Å². The molecule has 0 aliphatic carbocycles. The molecule has 0 unspecified atom stereocenters. The van der Waals surface area contributed by atoms with E-state index in [1.807, 2.05) is 30.3 Å². The third-order valence-electron chi connectivity index (χ3n) is 3.74. The van der Waals surface area contributed by atoms with E-state index < -0.39 is 11.9 Å². The van der Waals surface area contributed by atoms with Crippen LogP contribution < -0.4 is 19.5 Å². The van der Waals surface area contributed by atoms with Gasteiger partial charge in [0.2, 0.25) is 0 Å². The Balaban J connectivity index is 0.000000568. The molecule has 2 rings (SSSR count). The zero-order chi connectivity index (χ0) is 20.9. The van der Waals surface area contributed by atoms with E-state index in [0.717, 1.165) is 42.3 Å². The van der Waals surface area contributed by atoms with Crippen molar-refractivity contribution in [2.24, 2.45) is 0 Å². The van der Waals surface area contributed by atoms with Crippen molar-refractivity contribution in [2.45, 2.75) is 13.0 Å². The number of methoxy groups -OCH3 is 3. The smallest absolute Gasteiger partial charge is 0.414 e. The van der Waals surface area contributed by atoms with Gasteiger partial charge in [0.1, 0.15) is 17.2 Å². The van der Waals surface area contributed by atoms with Gasteiger partial charge in [-0.15, -0.1) is 0 Å². The lowest BCUT2D eigenvalue weighted by Gasteiger charge is -2.11. The van der Waals surface area contributed by atoms with E-state index in [2.05, 4.69) is 17.4 Å². The zero-order valence-electron chi connectivity index (χ0n) is 16.1. The summed E-state index contributed by atoms with van der Waals surface area (Å²) in [5.41, 5.74) is 2.38. The summed E-state index contributed by atoms with van der Waals surface area (Å²) in [5.74, 6) is -1.05. The van der Waals surface area contributed by atoms with Crippen LogP contribution in [0, 0.1) is 0 Å². The number of nitrogens with one attached hydrogen (secondary N) is 1. The van der Waals surface area contributed by atoms with Crippen LogP contribution in [0.25, 0.3) is 0 Å². The van der Waals surface area contributed by atoms with E-state index in [0.29, 0.717) is 0 Å². The van der Waals surface area contributed by atoms with Gasteiger partial charge in [0, 0.05) is 12.1 Å². The van der Waals surface area contributed by atoms with Crippen molar-refractivity contribution in [1.29, 1.82) is 0 Å². The predicted molar refractivity (Wildman–Crippen MR) is 103 cm³/mol. The van der Waals surface area contributed by atoms with E-state index in [9.17, 15) is 0 Å². The molecule has 0 radical (unpaired) electrons. The maximum Gasteiger partial charge on any atom is 0.414 e. The molecule has 152 valence electrons. The average molecular weight is 391 g/mol. The fourth-order valence-corrected chi connectivity index (χ4v) is 2.27. The number of carboxylic acids is 2. The Morgan fingerprint density at radius 1 is 0.857 bits per heavy atom. The van der Waals surface area contributed by atoms with Crippen molar-refractivity contribution in [3.05, 3.63) is 53.6 Å². The second-order valence-electron chi connectivity index (χ2n) is 5.56. The van der Waals surface area contributed by atoms with Crippen LogP contribution in [-0.4, -0.2) is 50.0 Å². The van der Waals surface area contributed by atoms with Crippen LogP contribution in [0.4, 0.5) is 0 Å². The highest BCUT2D eigenvalue weighted by Crippen LogP contribution is 2.23. The lowest BCUT2D eigenvalue weighted by molar-refractivity contribution is -0.159. The summed E-state index contributed by atoms with van der Waals surface area (Å²) in [5, 5.41) is 18.2. The third kappa shape index (κ3) is 7.96. The molecule has 8 nitrogen and oxygen atoms in total. The minimum absolute atomic E-state index is 0.747. The predicted octanol–water partition coefficient (Wildman–Crippen LogP) is 2.20. The van der Waals surface area contributed by atoms with Gasteiger partial charge in [0.05, 0.1) is 21.3 Å². The van der Waals surface area contributed by atoms with Crippen LogP contribution in [0.15, 0.2) is 42.5 Å². The molecule has 0 saturated carbocycles. The van der Waals surface area contributed by atoms with E-state index >= 15 is 0 Å². The number of benzene rings is 2. The Morgan fingerprint density at radius 2 is 1.43 bits per heavy atom. The number of carbonyl (C=O) groups is 2. The van der Waals surface area contributed by atoms with Gasteiger partial charge in [-0.05, 0) is 48.9 Å². The molecule has 2 aromatic carbocycles. The molecular weight excluding hydrogens is 366 g/mol. The topological polar surface area (TPSA) is 114 Å². The fourth-order valence-electron chi connectivity index (χ4n) is 2.27. The summed E-state index contributed by atoms with van der Waals surface area (Å²) in [6.07, 6.45) is 0.969. The van der Waals surface area contributed by atoms with Crippen molar-refractivity contribution in [3.8, 4) is 17.2 Å². The Labute approximate surface area is 163 Å². The Morgan fingerprint density at radius 3 is 1.93 bits per heavy atom. The van der Waals surface area contributed by atoms with Gasteiger partial charge in [0.25, 0.3) is 0 Å². The lowest BCUT2D eigenvalue weighted by atomic mass is 10.1. The number of hydrogen-bond acceptors (Lipinski definition) is 6. The van der Waals surface area contributed by atoms with E-state index in [1.54, 1.807) is 21.3 Å². The van der Waals surface area contributed by atoms with Gasteiger partial charge in [-0.1, -0.05) is 12.1 Å². The molecule has 28 heavy (non-hydrogen) atoms. The normalized spacial score (nSPS) is 9.68. The lowest BCUT2D eigenvalue weighted by Crippen LogP contribution is -2.17. The summed E-state index contributed by atoms with van der Waals surface area (Å²) in [4.78, 5) is 18.2. The van der Waals surface area contributed by atoms with Gasteiger partial charge < -0.3 is 29.7 Å². The van der Waals surface area contributed by atoms with Crippen molar-refractivity contribution in [2.75, 3.05) is 27.9 Å². The molecule has 0 saturated heterocycles. The Kier molecular flexibility index (Phi) is 9.91. The quantitative estimate of drug-likeness (QED) is 0.463. The van der Waals surface area contributed by atoms with Crippen LogP contribution >= 0.6 is 0 Å². The van der Waals surface area contributed by atoms with Crippen LogP contribution in [0.1, 0.15) is 11.1 Å². The summed E-state index contributed by atoms with van der Waals surface area (Å²) in [6, 6.07) is 14.0. The SMILES string of the molecule is COc1ccc(CCNCc2cc(OC)ccc2OC)cc1.O=C(O)C(=O)O. The molecule has 2 aromatic rings. The van der Waals surface area contributed by atoms with Crippen molar-refractivity contribution >= 4 is 11.9 Å². The fraction of sp³-hybridized carbons (Fsp3) is 0.300. The molecule has 0 aliphatic rings. The molecule has 0 aliphatic heterocycles. The second-order valence-corrected chi connectivity index (χ2v) is 5.56. The maximum atomic E-state index is 9.10. The van der Waals surface area contributed by atoms with Gasteiger partial charge in [-0.2, -0.15) is 0 Å². The summed E-state index contributed by atoms with van der Waals surface area (Å²) in [7, 11) is 5.03. The molecular formula is C20H25NO7. The number of carboxylic acid groups (broad SMARTS) is 2. The first-order valence-corrected chi connectivity index (χ1v) is 8.42. The number of aliphatic carboxylic acids is 2. The highest BCUT2D eigenvalue weighted by atomic mass is 16.5. The van der Waals surface area contributed by atoms with Crippen molar-refractivity contribution in [3.63, 3.8) is 0 Å². The largest absolute Gasteiger partial charge is 0.497 e. The molecule has 0 spiro atoms. The van der Waals surface area contributed by atoms with Crippen molar-refractivity contribution in [1.82, 2.24) is 5.32 Å². The first-order chi connectivity index (χ1) is 13.4. The maximum absolute atomic E-state index is 9.10. The van der Waals surface area contributed by atoms with E-state index in [4.69, 9.17) is 34.0 Å². The highest BCUT2D eigenvalue weighted by Gasteiger charge is 2.05. The van der Waals surface area contributed by atoms with Gasteiger partial charge >= 0.3 is 11.9 Å². The molecule has 0 aromatic heterocycles. The van der Waals surface area contributed by atoms with Crippen LogP contribution in [-0.2, 0) is 22.6 Å². The van der Waals surface area contributed by atoms with E-state index in [-0.39, 0.29) is 0 Å². The Hall–Kier alpha value is -3.26. The first kappa shape index (κ1) is 22.8. The third-order valence-corrected chi connectivity index (χ3v) is 3.74. The van der Waals surface area contributed by atoms with Gasteiger partial charge in [-0.3, -0.25) is 0 Å². The monoisotopic (exact) mass is 391 g/mol. The van der Waals surface area contributed by atoms with Gasteiger partial charge in [0.15, 0.2) is 0 Å². The first-order valence-electron chi connectivity index (χ1n) is 8.42.